The molecule has 1 atom stereocenters. The number of anilines is 1. The Labute approximate surface area is 157 Å². The van der Waals surface area contributed by atoms with Gasteiger partial charge in [0.2, 0.25) is 5.91 Å². The van der Waals surface area contributed by atoms with Crippen LogP contribution in [0, 0.1) is 0 Å². The summed E-state index contributed by atoms with van der Waals surface area (Å²) in [6.07, 6.45) is 1.69. The highest BCUT2D eigenvalue weighted by molar-refractivity contribution is 7.14. The number of amides is 2. The van der Waals surface area contributed by atoms with E-state index in [1.165, 1.54) is 11.3 Å². The summed E-state index contributed by atoms with van der Waals surface area (Å²) in [6, 6.07) is 8.93. The zero-order valence-corrected chi connectivity index (χ0v) is 15.7. The minimum absolute atomic E-state index is 0.191. The number of hydrogen-bond donors (Lipinski definition) is 2. The third-order valence-corrected chi connectivity index (χ3v) is 4.76. The fourth-order valence-corrected chi connectivity index (χ4v) is 3.08. The van der Waals surface area contributed by atoms with Gasteiger partial charge in [-0.05, 0) is 43.1 Å². The van der Waals surface area contributed by atoms with E-state index in [-0.39, 0.29) is 11.9 Å². The summed E-state index contributed by atoms with van der Waals surface area (Å²) >= 11 is 1.28. The number of rotatable bonds is 9. The van der Waals surface area contributed by atoms with E-state index in [1.54, 1.807) is 17.5 Å². The summed E-state index contributed by atoms with van der Waals surface area (Å²) in [4.78, 5) is 25.7. The van der Waals surface area contributed by atoms with Gasteiger partial charge in [-0.1, -0.05) is 24.8 Å². The number of primary amides is 1. The molecule has 6 nitrogen and oxygen atoms in total. The monoisotopic (exact) mass is 373 g/mol. The number of nitrogens with zero attached hydrogens (tertiary/aromatic N) is 1. The van der Waals surface area contributed by atoms with Crippen LogP contribution in [-0.2, 0) is 11.3 Å². The van der Waals surface area contributed by atoms with E-state index in [2.05, 4.69) is 11.9 Å². The van der Waals surface area contributed by atoms with Crippen LogP contribution in [0.2, 0.25) is 0 Å². The van der Waals surface area contributed by atoms with Crippen molar-refractivity contribution in [3.8, 4) is 5.75 Å². The molecule has 0 saturated heterocycles. The number of hydrogen-bond acceptors (Lipinski definition) is 5. The Morgan fingerprint density at radius 1 is 1.35 bits per heavy atom. The van der Waals surface area contributed by atoms with Crippen LogP contribution in [0.3, 0.4) is 0 Å². The fraction of sp³-hybridized carbons (Fsp3) is 0.263. The minimum Gasteiger partial charge on any atom is -0.490 e. The van der Waals surface area contributed by atoms with E-state index in [9.17, 15) is 9.59 Å². The molecular weight excluding hydrogens is 350 g/mol. The molecule has 26 heavy (non-hydrogen) atoms. The van der Waals surface area contributed by atoms with Crippen LogP contribution < -0.4 is 15.8 Å². The van der Waals surface area contributed by atoms with Crippen molar-refractivity contribution in [2.24, 2.45) is 5.73 Å². The van der Waals surface area contributed by atoms with Crippen LogP contribution in [-0.4, -0.2) is 36.4 Å². The molecule has 2 amide bonds. The molecule has 0 aliphatic heterocycles. The molecule has 0 fully saturated rings. The summed E-state index contributed by atoms with van der Waals surface area (Å²) < 4.78 is 5.46. The zero-order chi connectivity index (χ0) is 19.1. The van der Waals surface area contributed by atoms with E-state index in [0.717, 1.165) is 11.3 Å². The molecule has 0 radical (unpaired) electrons. The second kappa shape index (κ2) is 9.17. The van der Waals surface area contributed by atoms with E-state index in [4.69, 9.17) is 10.5 Å². The maximum Gasteiger partial charge on any atom is 0.251 e. The Hall–Kier alpha value is -2.64. The van der Waals surface area contributed by atoms with Crippen molar-refractivity contribution < 1.29 is 14.3 Å². The number of nitrogens with one attached hydrogen (secondary N) is 1. The predicted octanol–water partition coefficient (Wildman–Crippen LogP) is 2.87. The van der Waals surface area contributed by atoms with Crippen LogP contribution in [0.25, 0.3) is 0 Å². The molecule has 1 heterocycles. The van der Waals surface area contributed by atoms with E-state index < -0.39 is 5.91 Å². The topological polar surface area (TPSA) is 84.7 Å². The standard InChI is InChI=1S/C19H23N3O3S/c1-4-10-25-15-7-5-14(6-8-15)12-22(3)13(2)18(24)21-19-16(17(20)23)9-11-26-19/h4-9,11,13H,1,10,12H2,2-3H3,(H2,20,23)(H,21,24). The lowest BCUT2D eigenvalue weighted by Gasteiger charge is -2.24. The first-order chi connectivity index (χ1) is 12.4. The second-order valence-corrected chi connectivity index (χ2v) is 6.77. The summed E-state index contributed by atoms with van der Waals surface area (Å²) in [7, 11) is 1.87. The van der Waals surface area contributed by atoms with Gasteiger partial charge >= 0.3 is 0 Å². The van der Waals surface area contributed by atoms with Gasteiger partial charge in [0, 0.05) is 6.54 Å². The molecule has 0 bridgehead atoms. The zero-order valence-electron chi connectivity index (χ0n) is 14.9. The Bertz CT molecular complexity index is 771. The highest BCUT2D eigenvalue weighted by Crippen LogP contribution is 2.23. The molecule has 0 aliphatic rings. The number of thiophene rings is 1. The average molecular weight is 373 g/mol. The largest absolute Gasteiger partial charge is 0.490 e. The maximum absolute atomic E-state index is 12.5. The number of carbonyl (C=O) groups excluding carboxylic acids is 2. The van der Waals surface area contributed by atoms with Gasteiger partial charge in [0.1, 0.15) is 17.4 Å². The lowest BCUT2D eigenvalue weighted by Crippen LogP contribution is -2.39. The number of nitrogens with two attached hydrogens (primary N) is 1. The molecule has 1 aromatic heterocycles. The quantitative estimate of drug-likeness (QED) is 0.662. The van der Waals surface area contributed by atoms with Crippen LogP contribution in [0.4, 0.5) is 5.00 Å². The van der Waals surface area contributed by atoms with Crippen molar-refractivity contribution in [1.29, 1.82) is 0 Å². The lowest BCUT2D eigenvalue weighted by atomic mass is 10.1. The van der Waals surface area contributed by atoms with E-state index in [1.807, 2.05) is 43.1 Å². The summed E-state index contributed by atoms with van der Waals surface area (Å²) in [5, 5.41) is 4.98. The summed E-state index contributed by atoms with van der Waals surface area (Å²) in [5.74, 6) is 0.0310. The number of likely N-dealkylation sites (N-methyl/N-ethyl adjacent to an activating group) is 1. The van der Waals surface area contributed by atoms with Gasteiger partial charge in [-0.2, -0.15) is 0 Å². The molecule has 3 N–H and O–H groups in total. The molecule has 0 aliphatic carbocycles. The molecule has 2 rings (SSSR count). The Morgan fingerprint density at radius 2 is 2.04 bits per heavy atom. The van der Waals surface area contributed by atoms with Crippen LogP contribution in [0.5, 0.6) is 5.75 Å². The molecule has 1 unspecified atom stereocenters. The summed E-state index contributed by atoms with van der Waals surface area (Å²) in [6.45, 7) is 6.49. The normalized spacial score (nSPS) is 11.8. The second-order valence-electron chi connectivity index (χ2n) is 5.85. The first-order valence-electron chi connectivity index (χ1n) is 8.13. The van der Waals surface area contributed by atoms with E-state index in [0.29, 0.717) is 23.7 Å². The van der Waals surface area contributed by atoms with Crippen molar-refractivity contribution in [3.05, 3.63) is 59.5 Å². The van der Waals surface area contributed by atoms with Crippen LogP contribution in [0.1, 0.15) is 22.8 Å². The van der Waals surface area contributed by atoms with Gasteiger partial charge in [0.25, 0.3) is 5.91 Å². The van der Waals surface area contributed by atoms with Gasteiger partial charge < -0.3 is 15.8 Å². The van der Waals surface area contributed by atoms with Crippen molar-refractivity contribution in [3.63, 3.8) is 0 Å². The first kappa shape index (κ1) is 19.7. The van der Waals surface area contributed by atoms with Gasteiger partial charge in [0.15, 0.2) is 0 Å². The van der Waals surface area contributed by atoms with Gasteiger partial charge in [-0.25, -0.2) is 0 Å². The maximum atomic E-state index is 12.5. The molecule has 0 saturated carbocycles. The SMILES string of the molecule is C=CCOc1ccc(CN(C)C(C)C(=O)Nc2sccc2C(N)=O)cc1. The third kappa shape index (κ3) is 5.18. The molecule has 2 aromatic rings. The van der Waals surface area contributed by atoms with Crippen molar-refractivity contribution >= 4 is 28.2 Å². The van der Waals surface area contributed by atoms with Crippen molar-refractivity contribution in [2.45, 2.75) is 19.5 Å². The Kier molecular flexibility index (Phi) is 6.94. The fourth-order valence-electron chi connectivity index (χ4n) is 2.29. The summed E-state index contributed by atoms with van der Waals surface area (Å²) in [5.41, 5.74) is 6.69. The van der Waals surface area contributed by atoms with Gasteiger partial charge in [0.05, 0.1) is 11.6 Å². The van der Waals surface area contributed by atoms with Gasteiger partial charge in [-0.3, -0.25) is 14.5 Å². The minimum atomic E-state index is -0.554. The average Bonchev–Trinajstić information content (AvgIpc) is 3.08. The highest BCUT2D eigenvalue weighted by atomic mass is 32.1. The molecule has 138 valence electrons. The Morgan fingerprint density at radius 3 is 2.65 bits per heavy atom. The van der Waals surface area contributed by atoms with Crippen molar-refractivity contribution in [2.75, 3.05) is 19.0 Å². The van der Waals surface area contributed by atoms with Crippen LogP contribution in [0.15, 0.2) is 48.4 Å². The molecule has 1 aromatic carbocycles. The molecule has 0 spiro atoms. The van der Waals surface area contributed by atoms with Gasteiger partial charge in [-0.15, -0.1) is 11.3 Å². The Balaban J connectivity index is 1.94. The lowest BCUT2D eigenvalue weighted by molar-refractivity contribution is -0.120. The molecular formula is C19H23N3O3S. The van der Waals surface area contributed by atoms with Crippen molar-refractivity contribution in [1.82, 2.24) is 4.90 Å². The van der Waals surface area contributed by atoms with E-state index >= 15 is 0 Å². The first-order valence-corrected chi connectivity index (χ1v) is 9.01. The number of carbonyl (C=O) groups is 2. The highest BCUT2D eigenvalue weighted by Gasteiger charge is 2.20. The predicted molar refractivity (Wildman–Crippen MR) is 105 cm³/mol. The van der Waals surface area contributed by atoms with Crippen LogP contribution >= 0.6 is 11.3 Å². The number of ether oxygens (including phenoxy) is 1. The number of benzene rings is 1. The smallest absolute Gasteiger partial charge is 0.251 e. The third-order valence-electron chi connectivity index (χ3n) is 3.93. The molecule has 7 heteroatoms.